The van der Waals surface area contributed by atoms with E-state index in [9.17, 15) is 4.79 Å². The summed E-state index contributed by atoms with van der Waals surface area (Å²) in [6.07, 6.45) is 2.49. The van der Waals surface area contributed by atoms with Gasteiger partial charge in [0.05, 0.1) is 6.54 Å². The SMILES string of the molecule is Cc1ccccc1OCCNC(=O)Nc1ccc(N2CCC(C)CC2)cc1. The predicted molar refractivity (Wildman–Crippen MR) is 111 cm³/mol. The number of hydrogen-bond donors (Lipinski definition) is 2. The second-order valence-electron chi connectivity index (χ2n) is 7.21. The normalized spacial score (nSPS) is 14.7. The zero-order chi connectivity index (χ0) is 19.1. The van der Waals surface area contributed by atoms with E-state index in [2.05, 4.69) is 34.6 Å². The first kappa shape index (κ1) is 19.1. The van der Waals surface area contributed by atoms with Gasteiger partial charge in [0.15, 0.2) is 0 Å². The lowest BCUT2D eigenvalue weighted by atomic mass is 9.99. The number of piperidine rings is 1. The Bertz CT molecular complexity index is 737. The molecule has 5 heteroatoms. The van der Waals surface area contributed by atoms with Crippen molar-refractivity contribution in [3.8, 4) is 5.75 Å². The minimum absolute atomic E-state index is 0.220. The Morgan fingerprint density at radius 2 is 1.81 bits per heavy atom. The average Bonchev–Trinajstić information content (AvgIpc) is 2.68. The van der Waals surface area contributed by atoms with Crippen molar-refractivity contribution in [2.24, 2.45) is 5.92 Å². The molecule has 5 nitrogen and oxygen atoms in total. The molecule has 1 aliphatic heterocycles. The van der Waals surface area contributed by atoms with Crippen LogP contribution >= 0.6 is 0 Å². The van der Waals surface area contributed by atoms with Crippen molar-refractivity contribution in [3.05, 3.63) is 54.1 Å². The molecule has 0 unspecified atom stereocenters. The fourth-order valence-electron chi connectivity index (χ4n) is 3.24. The molecule has 0 aliphatic carbocycles. The monoisotopic (exact) mass is 367 g/mol. The number of ether oxygens (including phenoxy) is 1. The van der Waals surface area contributed by atoms with E-state index in [1.165, 1.54) is 18.5 Å². The van der Waals surface area contributed by atoms with Crippen LogP contribution in [0.5, 0.6) is 5.75 Å². The lowest BCUT2D eigenvalue weighted by Crippen LogP contribution is -2.33. The van der Waals surface area contributed by atoms with Crippen molar-refractivity contribution in [3.63, 3.8) is 0 Å². The van der Waals surface area contributed by atoms with E-state index in [0.29, 0.717) is 13.2 Å². The van der Waals surface area contributed by atoms with Gasteiger partial charge in [-0.25, -0.2) is 4.79 Å². The second-order valence-corrected chi connectivity index (χ2v) is 7.21. The maximum Gasteiger partial charge on any atom is 0.319 e. The molecule has 2 aromatic rings. The first-order chi connectivity index (χ1) is 13.1. The van der Waals surface area contributed by atoms with E-state index in [1.54, 1.807) is 0 Å². The fraction of sp³-hybridized carbons (Fsp3) is 0.409. The van der Waals surface area contributed by atoms with Gasteiger partial charge in [0.25, 0.3) is 0 Å². The van der Waals surface area contributed by atoms with Crippen LogP contribution in [0.2, 0.25) is 0 Å². The third kappa shape index (κ3) is 5.64. The largest absolute Gasteiger partial charge is 0.491 e. The van der Waals surface area contributed by atoms with E-state index < -0.39 is 0 Å². The van der Waals surface area contributed by atoms with Crippen LogP contribution in [0.25, 0.3) is 0 Å². The Labute approximate surface area is 161 Å². The van der Waals surface area contributed by atoms with Gasteiger partial charge in [-0.05, 0) is 61.6 Å². The predicted octanol–water partition coefficient (Wildman–Crippen LogP) is 4.43. The summed E-state index contributed by atoms with van der Waals surface area (Å²) in [4.78, 5) is 14.4. The van der Waals surface area contributed by atoms with Gasteiger partial charge in [-0.15, -0.1) is 0 Å². The van der Waals surface area contributed by atoms with Crippen molar-refractivity contribution in [2.45, 2.75) is 26.7 Å². The van der Waals surface area contributed by atoms with Crippen LogP contribution in [0.4, 0.5) is 16.2 Å². The number of rotatable bonds is 6. The molecule has 1 saturated heterocycles. The molecule has 144 valence electrons. The fourth-order valence-corrected chi connectivity index (χ4v) is 3.24. The minimum Gasteiger partial charge on any atom is -0.491 e. The van der Waals surface area contributed by atoms with E-state index in [0.717, 1.165) is 36.0 Å². The Morgan fingerprint density at radius 1 is 1.11 bits per heavy atom. The molecule has 1 fully saturated rings. The summed E-state index contributed by atoms with van der Waals surface area (Å²) < 4.78 is 5.68. The van der Waals surface area contributed by atoms with Crippen molar-refractivity contribution >= 4 is 17.4 Å². The molecule has 0 bridgehead atoms. The molecule has 2 aromatic carbocycles. The van der Waals surface area contributed by atoms with Crippen LogP contribution in [0, 0.1) is 12.8 Å². The van der Waals surface area contributed by atoms with Gasteiger partial charge in [-0.3, -0.25) is 0 Å². The molecule has 0 aromatic heterocycles. The molecule has 0 spiro atoms. The molecular weight excluding hydrogens is 338 g/mol. The average molecular weight is 367 g/mol. The highest BCUT2D eigenvalue weighted by Crippen LogP contribution is 2.24. The Hall–Kier alpha value is -2.69. The summed E-state index contributed by atoms with van der Waals surface area (Å²) in [5.41, 5.74) is 3.10. The zero-order valence-corrected chi connectivity index (χ0v) is 16.2. The highest BCUT2D eigenvalue weighted by Gasteiger charge is 2.15. The van der Waals surface area contributed by atoms with Gasteiger partial charge in [0, 0.05) is 24.5 Å². The van der Waals surface area contributed by atoms with Crippen LogP contribution in [0.1, 0.15) is 25.3 Å². The molecule has 2 amide bonds. The van der Waals surface area contributed by atoms with Crippen LogP contribution < -0.4 is 20.3 Å². The quantitative estimate of drug-likeness (QED) is 0.743. The maximum atomic E-state index is 12.0. The minimum atomic E-state index is -0.220. The Balaban J connectivity index is 1.39. The molecule has 1 aliphatic rings. The topological polar surface area (TPSA) is 53.6 Å². The Kier molecular flexibility index (Phi) is 6.58. The third-order valence-electron chi connectivity index (χ3n) is 5.01. The van der Waals surface area contributed by atoms with Crippen LogP contribution in [-0.4, -0.2) is 32.3 Å². The standard InChI is InChI=1S/C22H29N3O2/c1-17-11-14-25(15-12-17)20-9-7-19(8-10-20)24-22(26)23-13-16-27-21-6-4-3-5-18(21)2/h3-10,17H,11-16H2,1-2H3,(H2,23,24,26). The highest BCUT2D eigenvalue weighted by molar-refractivity contribution is 5.89. The van der Waals surface area contributed by atoms with Gasteiger partial charge in [-0.1, -0.05) is 25.1 Å². The highest BCUT2D eigenvalue weighted by atomic mass is 16.5. The van der Waals surface area contributed by atoms with E-state index in [-0.39, 0.29) is 6.03 Å². The van der Waals surface area contributed by atoms with Gasteiger partial charge in [-0.2, -0.15) is 0 Å². The molecule has 0 atom stereocenters. The summed E-state index contributed by atoms with van der Waals surface area (Å²) in [5.74, 6) is 1.67. The third-order valence-corrected chi connectivity index (χ3v) is 5.01. The number of nitrogens with one attached hydrogen (secondary N) is 2. The van der Waals surface area contributed by atoms with Crippen molar-refractivity contribution < 1.29 is 9.53 Å². The molecule has 0 saturated carbocycles. The van der Waals surface area contributed by atoms with Crippen LogP contribution in [-0.2, 0) is 0 Å². The van der Waals surface area contributed by atoms with Gasteiger partial charge < -0.3 is 20.3 Å². The second kappa shape index (κ2) is 9.31. The number of anilines is 2. The van der Waals surface area contributed by atoms with E-state index in [4.69, 9.17) is 4.74 Å². The first-order valence-electron chi connectivity index (χ1n) is 9.70. The number of carbonyl (C=O) groups is 1. The van der Waals surface area contributed by atoms with Crippen molar-refractivity contribution in [2.75, 3.05) is 36.5 Å². The number of amides is 2. The number of nitrogens with zero attached hydrogens (tertiary/aromatic N) is 1. The smallest absolute Gasteiger partial charge is 0.319 e. The van der Waals surface area contributed by atoms with E-state index >= 15 is 0 Å². The van der Waals surface area contributed by atoms with Crippen molar-refractivity contribution in [1.82, 2.24) is 5.32 Å². The lowest BCUT2D eigenvalue weighted by Gasteiger charge is -2.32. The number of urea groups is 1. The molecular formula is C22H29N3O2. The number of benzene rings is 2. The first-order valence-corrected chi connectivity index (χ1v) is 9.70. The van der Waals surface area contributed by atoms with Gasteiger partial charge >= 0.3 is 6.03 Å². The number of para-hydroxylation sites is 1. The number of hydrogen-bond acceptors (Lipinski definition) is 3. The summed E-state index contributed by atoms with van der Waals surface area (Å²) in [6.45, 7) is 7.41. The molecule has 0 radical (unpaired) electrons. The summed E-state index contributed by atoms with van der Waals surface area (Å²) in [7, 11) is 0. The molecule has 1 heterocycles. The van der Waals surface area contributed by atoms with Crippen LogP contribution in [0.3, 0.4) is 0 Å². The lowest BCUT2D eigenvalue weighted by molar-refractivity contribution is 0.247. The summed E-state index contributed by atoms with van der Waals surface area (Å²) >= 11 is 0. The van der Waals surface area contributed by atoms with Gasteiger partial charge in [0.1, 0.15) is 12.4 Å². The van der Waals surface area contributed by atoms with E-state index in [1.807, 2.05) is 43.3 Å². The van der Waals surface area contributed by atoms with Crippen LogP contribution in [0.15, 0.2) is 48.5 Å². The summed E-state index contributed by atoms with van der Waals surface area (Å²) in [6, 6.07) is 15.7. The van der Waals surface area contributed by atoms with Crippen molar-refractivity contribution in [1.29, 1.82) is 0 Å². The molecule has 27 heavy (non-hydrogen) atoms. The zero-order valence-electron chi connectivity index (χ0n) is 16.2. The maximum absolute atomic E-state index is 12.0. The van der Waals surface area contributed by atoms with Gasteiger partial charge in [0.2, 0.25) is 0 Å². The number of carbonyl (C=O) groups excluding carboxylic acids is 1. The Morgan fingerprint density at radius 3 is 2.52 bits per heavy atom. The summed E-state index contributed by atoms with van der Waals surface area (Å²) in [5, 5.41) is 5.68. The molecule has 2 N–H and O–H groups in total. The molecule has 3 rings (SSSR count). The number of aryl methyl sites for hydroxylation is 1.